The van der Waals surface area contributed by atoms with Crippen LogP contribution in [0.15, 0.2) is 24.3 Å². The monoisotopic (exact) mass is 299 g/mol. The molecule has 0 fully saturated rings. The number of carbonyl (C=O) groups excluding carboxylic acids is 1. The lowest BCUT2D eigenvalue weighted by atomic mass is 10.2. The highest BCUT2D eigenvalue weighted by Crippen LogP contribution is 2.15. The molecular formula is C14H18ClNO4. The Kier molecular flexibility index (Phi) is 6.87. The predicted octanol–water partition coefficient (Wildman–Crippen LogP) is 2.43. The van der Waals surface area contributed by atoms with Crippen LogP contribution in [-0.2, 0) is 9.59 Å². The van der Waals surface area contributed by atoms with Crippen molar-refractivity contribution < 1.29 is 19.4 Å². The van der Waals surface area contributed by atoms with E-state index in [0.29, 0.717) is 30.3 Å². The third-order valence-corrected chi connectivity index (χ3v) is 2.97. The number of likely N-dealkylation sites (N-methyl/N-ethyl adjacent to an activating group) is 1. The maximum atomic E-state index is 11.7. The van der Waals surface area contributed by atoms with Crippen LogP contribution in [0.1, 0.15) is 19.3 Å². The molecule has 0 saturated heterocycles. The SMILES string of the molecule is CN(CCOc1ccc(Cl)cc1)C(=O)CCCC(=O)O. The number of amides is 1. The van der Waals surface area contributed by atoms with Gasteiger partial charge in [0, 0.05) is 24.9 Å². The number of hydrogen-bond acceptors (Lipinski definition) is 3. The predicted molar refractivity (Wildman–Crippen MR) is 76.1 cm³/mol. The van der Waals surface area contributed by atoms with Crippen LogP contribution >= 0.6 is 11.6 Å². The number of benzene rings is 1. The summed E-state index contributed by atoms with van der Waals surface area (Å²) in [6.07, 6.45) is 0.612. The van der Waals surface area contributed by atoms with Gasteiger partial charge in [0.15, 0.2) is 0 Å². The third kappa shape index (κ3) is 6.43. The Labute approximate surface area is 123 Å². The zero-order valence-electron chi connectivity index (χ0n) is 11.3. The van der Waals surface area contributed by atoms with E-state index in [4.69, 9.17) is 21.4 Å². The number of carboxylic acid groups (broad SMARTS) is 1. The summed E-state index contributed by atoms with van der Waals surface area (Å²) in [5, 5.41) is 9.14. The zero-order chi connectivity index (χ0) is 15.0. The molecule has 1 rings (SSSR count). The molecule has 110 valence electrons. The minimum atomic E-state index is -0.883. The second kappa shape index (κ2) is 8.43. The number of aliphatic carboxylic acids is 1. The zero-order valence-corrected chi connectivity index (χ0v) is 12.1. The molecule has 0 aromatic heterocycles. The van der Waals surface area contributed by atoms with E-state index in [-0.39, 0.29) is 18.7 Å². The lowest BCUT2D eigenvalue weighted by molar-refractivity contribution is -0.137. The van der Waals surface area contributed by atoms with Crippen molar-refractivity contribution in [2.75, 3.05) is 20.2 Å². The Morgan fingerprint density at radius 1 is 1.25 bits per heavy atom. The molecule has 1 amide bonds. The van der Waals surface area contributed by atoms with Gasteiger partial charge in [-0.05, 0) is 30.7 Å². The molecule has 0 saturated carbocycles. The third-order valence-electron chi connectivity index (χ3n) is 2.72. The number of nitrogens with zero attached hydrogens (tertiary/aromatic N) is 1. The van der Waals surface area contributed by atoms with Gasteiger partial charge in [-0.2, -0.15) is 0 Å². The van der Waals surface area contributed by atoms with Crippen LogP contribution in [0.4, 0.5) is 0 Å². The summed E-state index contributed by atoms with van der Waals surface area (Å²) >= 11 is 5.76. The number of hydrogen-bond donors (Lipinski definition) is 1. The first-order chi connectivity index (χ1) is 9.49. The molecule has 0 aliphatic heterocycles. The van der Waals surface area contributed by atoms with E-state index < -0.39 is 5.97 Å². The van der Waals surface area contributed by atoms with Gasteiger partial charge in [0.2, 0.25) is 5.91 Å². The summed E-state index contributed by atoms with van der Waals surface area (Å²) in [5.41, 5.74) is 0. The first-order valence-electron chi connectivity index (χ1n) is 6.33. The topological polar surface area (TPSA) is 66.8 Å². The maximum Gasteiger partial charge on any atom is 0.303 e. The highest BCUT2D eigenvalue weighted by atomic mass is 35.5. The normalized spacial score (nSPS) is 10.1. The second-order valence-corrected chi connectivity index (χ2v) is 4.80. The standard InChI is InChI=1S/C14H18ClNO4/c1-16(13(17)3-2-4-14(18)19)9-10-20-12-7-5-11(15)6-8-12/h5-8H,2-4,9-10H2,1H3,(H,18,19). The molecule has 0 spiro atoms. The summed E-state index contributed by atoms with van der Waals surface area (Å²) in [6.45, 7) is 0.831. The molecular weight excluding hydrogens is 282 g/mol. The highest BCUT2D eigenvalue weighted by molar-refractivity contribution is 6.30. The quantitative estimate of drug-likeness (QED) is 0.800. The van der Waals surface area contributed by atoms with Gasteiger partial charge in [-0.3, -0.25) is 9.59 Å². The Bertz CT molecular complexity index is 447. The van der Waals surface area contributed by atoms with Crippen LogP contribution in [0.3, 0.4) is 0 Å². The molecule has 1 aromatic carbocycles. The van der Waals surface area contributed by atoms with Gasteiger partial charge >= 0.3 is 5.97 Å². The average Bonchev–Trinajstić information content (AvgIpc) is 2.40. The lowest BCUT2D eigenvalue weighted by Crippen LogP contribution is -2.30. The number of carboxylic acids is 1. The van der Waals surface area contributed by atoms with Crippen molar-refractivity contribution in [3.8, 4) is 5.75 Å². The molecule has 1 aromatic rings. The summed E-state index contributed by atoms with van der Waals surface area (Å²) in [6, 6.07) is 6.99. The Hall–Kier alpha value is -1.75. The molecule has 0 atom stereocenters. The summed E-state index contributed by atoms with van der Waals surface area (Å²) in [5.74, 6) is -0.265. The van der Waals surface area contributed by atoms with E-state index in [1.165, 1.54) is 4.90 Å². The van der Waals surface area contributed by atoms with Crippen molar-refractivity contribution in [2.24, 2.45) is 0 Å². The minimum absolute atomic E-state index is 0.0147. The van der Waals surface area contributed by atoms with Crippen LogP contribution in [0.25, 0.3) is 0 Å². The molecule has 0 bridgehead atoms. The van der Waals surface area contributed by atoms with E-state index >= 15 is 0 Å². The Balaban J connectivity index is 2.21. The first kappa shape index (κ1) is 16.3. The van der Waals surface area contributed by atoms with Gasteiger partial charge in [0.1, 0.15) is 12.4 Å². The fraction of sp³-hybridized carbons (Fsp3) is 0.429. The lowest BCUT2D eigenvalue weighted by Gasteiger charge is -2.17. The van der Waals surface area contributed by atoms with E-state index in [9.17, 15) is 9.59 Å². The molecule has 0 aliphatic rings. The van der Waals surface area contributed by atoms with Gasteiger partial charge in [0.25, 0.3) is 0 Å². The Morgan fingerprint density at radius 2 is 1.90 bits per heavy atom. The van der Waals surface area contributed by atoms with Crippen molar-refractivity contribution in [3.05, 3.63) is 29.3 Å². The fourth-order valence-electron chi connectivity index (χ4n) is 1.54. The van der Waals surface area contributed by atoms with Gasteiger partial charge in [-0.1, -0.05) is 11.6 Å². The van der Waals surface area contributed by atoms with Gasteiger partial charge in [-0.25, -0.2) is 0 Å². The highest BCUT2D eigenvalue weighted by Gasteiger charge is 2.09. The number of carbonyl (C=O) groups is 2. The van der Waals surface area contributed by atoms with Crippen LogP contribution in [0, 0.1) is 0 Å². The van der Waals surface area contributed by atoms with Crippen LogP contribution in [0.5, 0.6) is 5.75 Å². The molecule has 0 unspecified atom stereocenters. The molecule has 0 heterocycles. The number of rotatable bonds is 8. The molecule has 0 aliphatic carbocycles. The average molecular weight is 300 g/mol. The second-order valence-electron chi connectivity index (χ2n) is 4.36. The van der Waals surface area contributed by atoms with Crippen LogP contribution in [-0.4, -0.2) is 42.1 Å². The summed E-state index contributed by atoms with van der Waals surface area (Å²) in [4.78, 5) is 23.6. The summed E-state index contributed by atoms with van der Waals surface area (Å²) in [7, 11) is 1.67. The summed E-state index contributed by atoms with van der Waals surface area (Å²) < 4.78 is 5.48. The molecule has 1 N–H and O–H groups in total. The van der Waals surface area contributed by atoms with Gasteiger partial charge in [0.05, 0.1) is 6.54 Å². The van der Waals surface area contributed by atoms with E-state index in [1.807, 2.05) is 0 Å². The van der Waals surface area contributed by atoms with E-state index in [1.54, 1.807) is 31.3 Å². The fourth-order valence-corrected chi connectivity index (χ4v) is 1.66. The largest absolute Gasteiger partial charge is 0.492 e. The van der Waals surface area contributed by atoms with E-state index in [2.05, 4.69) is 0 Å². The minimum Gasteiger partial charge on any atom is -0.492 e. The van der Waals surface area contributed by atoms with Gasteiger partial charge < -0.3 is 14.7 Å². The maximum absolute atomic E-state index is 11.7. The van der Waals surface area contributed by atoms with Gasteiger partial charge in [-0.15, -0.1) is 0 Å². The van der Waals surface area contributed by atoms with Crippen LogP contribution < -0.4 is 4.74 Å². The van der Waals surface area contributed by atoms with Crippen molar-refractivity contribution in [1.29, 1.82) is 0 Å². The van der Waals surface area contributed by atoms with Crippen molar-refractivity contribution >= 4 is 23.5 Å². The van der Waals surface area contributed by atoms with Crippen LogP contribution in [0.2, 0.25) is 5.02 Å². The molecule has 0 radical (unpaired) electrons. The van der Waals surface area contributed by atoms with E-state index in [0.717, 1.165) is 0 Å². The van der Waals surface area contributed by atoms with Crippen molar-refractivity contribution in [1.82, 2.24) is 4.90 Å². The number of ether oxygens (including phenoxy) is 1. The van der Waals surface area contributed by atoms with Crippen molar-refractivity contribution in [2.45, 2.75) is 19.3 Å². The number of halogens is 1. The van der Waals surface area contributed by atoms with Crippen molar-refractivity contribution in [3.63, 3.8) is 0 Å². The molecule has 6 heteroatoms. The smallest absolute Gasteiger partial charge is 0.303 e. The Morgan fingerprint density at radius 3 is 2.50 bits per heavy atom. The molecule has 20 heavy (non-hydrogen) atoms. The first-order valence-corrected chi connectivity index (χ1v) is 6.71. The molecule has 5 nitrogen and oxygen atoms in total.